The number of carbonyl (C=O) groups excluding carboxylic acids is 3. The summed E-state index contributed by atoms with van der Waals surface area (Å²) >= 11 is 0. The molecule has 27 heavy (non-hydrogen) atoms. The average molecular weight is 385 g/mol. The number of rotatable bonds is 7. The molecule has 0 amide bonds. The Balaban J connectivity index is 2.61. The van der Waals surface area contributed by atoms with Gasteiger partial charge in [0.2, 0.25) is 5.76 Å². The number of esters is 3. The highest BCUT2D eigenvalue weighted by Crippen LogP contribution is 2.22. The third kappa shape index (κ3) is 9.09. The lowest BCUT2D eigenvalue weighted by atomic mass is 10.2. The van der Waals surface area contributed by atoms with Crippen LogP contribution in [0.4, 0.5) is 0 Å². The highest BCUT2D eigenvalue weighted by atomic mass is 16.6. The van der Waals surface area contributed by atoms with E-state index in [0.717, 1.165) is 6.08 Å². The first-order chi connectivity index (χ1) is 12.5. The van der Waals surface area contributed by atoms with Gasteiger partial charge in [0.05, 0.1) is 6.10 Å². The van der Waals surface area contributed by atoms with Gasteiger partial charge >= 0.3 is 17.9 Å². The highest BCUT2D eigenvalue weighted by molar-refractivity contribution is 5.86. The first-order valence-corrected chi connectivity index (χ1v) is 8.49. The van der Waals surface area contributed by atoms with Gasteiger partial charge in [0, 0.05) is 20.3 Å². The van der Waals surface area contributed by atoms with Crippen molar-refractivity contribution in [3.8, 4) is 0 Å². The van der Waals surface area contributed by atoms with Gasteiger partial charge in [-0.1, -0.05) is 0 Å². The largest absolute Gasteiger partial charge is 0.502 e. The fraction of sp³-hybridized carbons (Fsp3) is 0.611. The Morgan fingerprint density at radius 1 is 1.22 bits per heavy atom. The Kier molecular flexibility index (Phi) is 8.30. The Morgan fingerprint density at radius 3 is 2.44 bits per heavy atom. The molecule has 0 radical (unpaired) electrons. The molecule has 0 aromatic carbocycles. The van der Waals surface area contributed by atoms with Crippen LogP contribution in [0, 0.1) is 0 Å². The van der Waals surface area contributed by atoms with Crippen LogP contribution >= 0.6 is 0 Å². The van der Waals surface area contributed by atoms with Crippen LogP contribution in [0.25, 0.3) is 0 Å². The molecule has 0 aromatic heterocycles. The molecule has 0 bridgehead atoms. The van der Waals surface area contributed by atoms with E-state index >= 15 is 0 Å². The number of hydrogen-bond donors (Lipinski definition) is 2. The molecular weight excluding hydrogens is 358 g/mol. The Bertz CT molecular complexity index is 605. The summed E-state index contributed by atoms with van der Waals surface area (Å²) in [5.74, 6) is -2.29. The molecule has 9 nitrogen and oxygen atoms in total. The molecule has 1 fully saturated rings. The van der Waals surface area contributed by atoms with Gasteiger partial charge in [0.15, 0.2) is 6.23 Å². The van der Waals surface area contributed by atoms with Gasteiger partial charge in [-0.15, -0.1) is 0 Å². The van der Waals surface area contributed by atoms with E-state index in [2.05, 4.69) is 5.32 Å². The highest BCUT2D eigenvalue weighted by Gasteiger charge is 2.37. The molecule has 9 heteroatoms. The van der Waals surface area contributed by atoms with E-state index in [1.54, 1.807) is 20.8 Å². The SMILES string of the molecule is CC(=O)OC[C@@H]1C[C@@H](OC(C)=O)[C@H](N/C=C\C=C(/O)C(=O)OC(C)(C)C)O1. The number of allylic oxidation sites excluding steroid dienone is 2. The molecule has 0 saturated carbocycles. The summed E-state index contributed by atoms with van der Waals surface area (Å²) in [6, 6.07) is 0. The monoisotopic (exact) mass is 385 g/mol. The molecule has 152 valence electrons. The van der Waals surface area contributed by atoms with E-state index in [0.29, 0.717) is 6.42 Å². The van der Waals surface area contributed by atoms with E-state index in [9.17, 15) is 19.5 Å². The Labute approximate surface area is 158 Å². The van der Waals surface area contributed by atoms with Crippen LogP contribution in [0.3, 0.4) is 0 Å². The van der Waals surface area contributed by atoms with Crippen molar-refractivity contribution in [1.82, 2.24) is 5.32 Å². The van der Waals surface area contributed by atoms with Gasteiger partial charge in [0.1, 0.15) is 18.3 Å². The predicted molar refractivity (Wildman–Crippen MR) is 94.3 cm³/mol. The zero-order valence-corrected chi connectivity index (χ0v) is 16.2. The maximum Gasteiger partial charge on any atom is 0.373 e. The number of hydrogen-bond acceptors (Lipinski definition) is 9. The molecule has 1 aliphatic rings. The fourth-order valence-electron chi connectivity index (χ4n) is 2.21. The number of aliphatic hydroxyl groups excluding tert-OH is 1. The maximum absolute atomic E-state index is 11.6. The Morgan fingerprint density at radius 2 is 1.89 bits per heavy atom. The average Bonchev–Trinajstić information content (AvgIpc) is 2.88. The molecule has 1 rings (SSSR count). The van der Waals surface area contributed by atoms with Crippen molar-refractivity contribution in [2.75, 3.05) is 6.61 Å². The molecule has 1 saturated heterocycles. The van der Waals surface area contributed by atoms with Crippen molar-refractivity contribution >= 4 is 17.9 Å². The summed E-state index contributed by atoms with van der Waals surface area (Å²) in [7, 11) is 0. The van der Waals surface area contributed by atoms with Crippen LogP contribution in [0.1, 0.15) is 41.0 Å². The minimum absolute atomic E-state index is 0.0499. The first kappa shape index (κ1) is 22.5. The summed E-state index contributed by atoms with van der Waals surface area (Å²) in [6.45, 7) is 7.69. The summed E-state index contributed by atoms with van der Waals surface area (Å²) in [4.78, 5) is 33.8. The van der Waals surface area contributed by atoms with Crippen molar-refractivity contribution < 1.29 is 38.4 Å². The lowest BCUT2D eigenvalue weighted by molar-refractivity contribution is -0.153. The van der Waals surface area contributed by atoms with Crippen LogP contribution in [0.15, 0.2) is 24.1 Å². The predicted octanol–water partition coefficient (Wildman–Crippen LogP) is 1.48. The quantitative estimate of drug-likeness (QED) is 0.221. The standard InChI is InChI=1S/C18H27NO8/c1-11(20)24-10-13-9-15(25-12(2)21)16(26-13)19-8-6-7-14(22)17(23)27-18(3,4)5/h6-8,13,15-16,19,22H,9-10H2,1-5H3/b8-6-,14-7-/t13-,15+,16+/m0/s1. The van der Waals surface area contributed by atoms with Crippen molar-refractivity contribution in [3.63, 3.8) is 0 Å². The number of nitrogens with one attached hydrogen (secondary N) is 1. The molecule has 1 aliphatic heterocycles. The van der Waals surface area contributed by atoms with Gasteiger partial charge in [-0.2, -0.15) is 0 Å². The maximum atomic E-state index is 11.6. The molecule has 0 spiro atoms. The van der Waals surface area contributed by atoms with Gasteiger partial charge in [-0.05, 0) is 39.1 Å². The zero-order valence-electron chi connectivity index (χ0n) is 16.2. The van der Waals surface area contributed by atoms with E-state index in [-0.39, 0.29) is 6.61 Å². The smallest absolute Gasteiger partial charge is 0.373 e. The molecule has 0 aliphatic carbocycles. The van der Waals surface area contributed by atoms with E-state index in [1.165, 1.54) is 26.1 Å². The fourth-order valence-corrected chi connectivity index (χ4v) is 2.21. The normalized spacial score (nSPS) is 23.1. The minimum Gasteiger partial charge on any atom is -0.502 e. The summed E-state index contributed by atoms with van der Waals surface area (Å²) in [6.07, 6.45) is 2.67. The minimum atomic E-state index is -0.844. The van der Waals surface area contributed by atoms with Crippen LogP contribution < -0.4 is 5.32 Å². The third-order valence-electron chi connectivity index (χ3n) is 3.18. The third-order valence-corrected chi connectivity index (χ3v) is 3.18. The van der Waals surface area contributed by atoms with Gasteiger partial charge in [-0.25, -0.2) is 4.79 Å². The second-order valence-corrected chi connectivity index (χ2v) is 6.94. The van der Waals surface area contributed by atoms with Crippen molar-refractivity contribution in [2.24, 2.45) is 0 Å². The lowest BCUT2D eigenvalue weighted by Gasteiger charge is -2.19. The molecule has 3 atom stereocenters. The number of aliphatic hydroxyl groups is 1. The van der Waals surface area contributed by atoms with E-state index < -0.39 is 47.7 Å². The van der Waals surface area contributed by atoms with Gasteiger partial charge < -0.3 is 29.4 Å². The second kappa shape index (κ2) is 9.96. The second-order valence-electron chi connectivity index (χ2n) is 6.94. The number of ether oxygens (including phenoxy) is 4. The summed E-state index contributed by atoms with van der Waals surface area (Å²) in [5, 5.41) is 12.5. The van der Waals surface area contributed by atoms with Crippen LogP contribution in [-0.2, 0) is 33.3 Å². The summed E-state index contributed by atoms with van der Waals surface area (Å²) < 4.78 is 20.8. The molecule has 0 aromatic rings. The van der Waals surface area contributed by atoms with Gasteiger partial charge in [0.25, 0.3) is 0 Å². The van der Waals surface area contributed by atoms with Crippen LogP contribution in [0.2, 0.25) is 0 Å². The number of carbonyl (C=O) groups is 3. The topological polar surface area (TPSA) is 120 Å². The summed E-state index contributed by atoms with van der Waals surface area (Å²) in [5.41, 5.74) is -0.716. The Hall–Kier alpha value is -2.55. The van der Waals surface area contributed by atoms with Crippen molar-refractivity contribution in [3.05, 3.63) is 24.1 Å². The van der Waals surface area contributed by atoms with E-state index in [4.69, 9.17) is 18.9 Å². The van der Waals surface area contributed by atoms with Crippen LogP contribution in [0.5, 0.6) is 0 Å². The van der Waals surface area contributed by atoms with Crippen molar-refractivity contribution in [1.29, 1.82) is 0 Å². The molecule has 0 unspecified atom stereocenters. The van der Waals surface area contributed by atoms with E-state index in [1.807, 2.05) is 0 Å². The lowest BCUT2D eigenvalue weighted by Crippen LogP contribution is -2.36. The van der Waals surface area contributed by atoms with Crippen LogP contribution in [-0.4, -0.2) is 53.7 Å². The molecule has 1 heterocycles. The molecule has 2 N–H and O–H groups in total. The van der Waals surface area contributed by atoms with Gasteiger partial charge in [-0.3, -0.25) is 9.59 Å². The zero-order chi connectivity index (χ0) is 20.6. The molecular formula is C18H27NO8. The first-order valence-electron chi connectivity index (χ1n) is 8.49. The van der Waals surface area contributed by atoms with Crippen molar-refractivity contribution in [2.45, 2.75) is 65.1 Å².